The Labute approximate surface area is 93.1 Å². The Morgan fingerprint density at radius 1 is 1.56 bits per heavy atom. The lowest BCUT2D eigenvalue weighted by molar-refractivity contribution is -0.124. The molecule has 0 unspecified atom stereocenters. The van der Waals surface area contributed by atoms with Crippen molar-refractivity contribution in [3.05, 3.63) is 0 Å². The fourth-order valence-corrected chi connectivity index (χ4v) is 3.84. The van der Waals surface area contributed by atoms with Crippen LogP contribution in [0.5, 0.6) is 0 Å². The SMILES string of the molecule is CCC(=O)NN1C(=O)N[C@@H]2CS(=O)(=O)C[C@H]21. The van der Waals surface area contributed by atoms with Gasteiger partial charge in [-0.15, -0.1) is 0 Å². The van der Waals surface area contributed by atoms with Crippen molar-refractivity contribution in [1.29, 1.82) is 0 Å². The average Bonchev–Trinajstić information content (AvgIpc) is 2.60. The molecule has 7 nitrogen and oxygen atoms in total. The Morgan fingerprint density at radius 3 is 2.88 bits per heavy atom. The summed E-state index contributed by atoms with van der Waals surface area (Å²) in [5, 5.41) is 3.64. The highest BCUT2D eigenvalue weighted by atomic mass is 32.2. The fraction of sp³-hybridized carbons (Fsp3) is 0.750. The van der Waals surface area contributed by atoms with E-state index in [1.54, 1.807) is 6.92 Å². The molecule has 0 aromatic carbocycles. The van der Waals surface area contributed by atoms with Crippen LogP contribution in [0.25, 0.3) is 0 Å². The molecule has 2 heterocycles. The molecule has 2 atom stereocenters. The summed E-state index contributed by atoms with van der Waals surface area (Å²) in [6.45, 7) is 1.66. The van der Waals surface area contributed by atoms with Crippen molar-refractivity contribution in [1.82, 2.24) is 15.8 Å². The standard InChI is InChI=1S/C8H13N3O4S/c1-2-7(12)10-11-6-4-16(14,15)3-5(6)9-8(11)13/h5-6H,2-4H2,1H3,(H,9,13)(H,10,12)/t5-,6-/m1/s1. The highest BCUT2D eigenvalue weighted by Crippen LogP contribution is 2.22. The van der Waals surface area contributed by atoms with Gasteiger partial charge in [0.2, 0.25) is 5.91 Å². The molecule has 0 aromatic heterocycles. The van der Waals surface area contributed by atoms with Gasteiger partial charge in [0, 0.05) is 6.42 Å². The van der Waals surface area contributed by atoms with Crippen LogP contribution in [-0.2, 0) is 14.6 Å². The van der Waals surface area contributed by atoms with Crippen molar-refractivity contribution in [2.45, 2.75) is 25.4 Å². The number of fused-ring (bicyclic) bond motifs is 1. The van der Waals surface area contributed by atoms with E-state index in [9.17, 15) is 18.0 Å². The quantitative estimate of drug-likeness (QED) is 0.588. The number of rotatable bonds is 2. The van der Waals surface area contributed by atoms with Gasteiger partial charge in [0.25, 0.3) is 0 Å². The van der Waals surface area contributed by atoms with Crippen LogP contribution in [0.4, 0.5) is 4.79 Å². The second kappa shape index (κ2) is 3.62. The highest BCUT2D eigenvalue weighted by Gasteiger charge is 2.49. The van der Waals surface area contributed by atoms with Gasteiger partial charge in [-0.25, -0.2) is 18.2 Å². The Balaban J connectivity index is 2.14. The van der Waals surface area contributed by atoms with Crippen LogP contribution in [-0.4, -0.2) is 49.0 Å². The van der Waals surface area contributed by atoms with Crippen LogP contribution in [0.3, 0.4) is 0 Å². The maximum absolute atomic E-state index is 11.5. The first-order valence-corrected chi connectivity index (χ1v) is 6.84. The Morgan fingerprint density at radius 2 is 2.25 bits per heavy atom. The van der Waals surface area contributed by atoms with E-state index in [0.29, 0.717) is 0 Å². The molecule has 3 amide bonds. The third kappa shape index (κ3) is 1.84. The Bertz CT molecular complexity index is 433. The monoisotopic (exact) mass is 247 g/mol. The van der Waals surface area contributed by atoms with E-state index in [4.69, 9.17) is 0 Å². The number of hydrogen-bond acceptors (Lipinski definition) is 4. The number of carbonyl (C=O) groups excluding carboxylic acids is 2. The largest absolute Gasteiger partial charge is 0.336 e. The Kier molecular flexibility index (Phi) is 2.53. The zero-order valence-electron chi connectivity index (χ0n) is 8.76. The van der Waals surface area contributed by atoms with Crippen LogP contribution in [0.2, 0.25) is 0 Å². The number of hydrazine groups is 1. The van der Waals surface area contributed by atoms with Crippen molar-refractivity contribution < 1.29 is 18.0 Å². The van der Waals surface area contributed by atoms with Crippen molar-refractivity contribution in [2.24, 2.45) is 0 Å². The van der Waals surface area contributed by atoms with E-state index in [2.05, 4.69) is 10.7 Å². The molecule has 2 N–H and O–H groups in total. The molecule has 90 valence electrons. The maximum atomic E-state index is 11.5. The minimum Gasteiger partial charge on any atom is -0.331 e. The number of nitrogens with one attached hydrogen (secondary N) is 2. The molecule has 2 rings (SSSR count). The molecular weight excluding hydrogens is 234 g/mol. The normalized spacial score (nSPS) is 31.1. The summed E-state index contributed by atoms with van der Waals surface area (Å²) in [7, 11) is -3.11. The smallest absolute Gasteiger partial charge is 0.331 e. The van der Waals surface area contributed by atoms with Gasteiger partial charge in [-0.3, -0.25) is 10.2 Å². The molecule has 2 fully saturated rings. The van der Waals surface area contributed by atoms with E-state index in [0.717, 1.165) is 5.01 Å². The van der Waals surface area contributed by atoms with Crippen molar-refractivity contribution in [3.63, 3.8) is 0 Å². The predicted molar refractivity (Wildman–Crippen MR) is 55.0 cm³/mol. The van der Waals surface area contributed by atoms with Crippen LogP contribution in [0, 0.1) is 0 Å². The average molecular weight is 247 g/mol. The molecule has 0 aromatic rings. The molecule has 0 saturated carbocycles. The van der Waals surface area contributed by atoms with E-state index in [-0.39, 0.29) is 23.8 Å². The zero-order valence-corrected chi connectivity index (χ0v) is 9.58. The molecule has 0 bridgehead atoms. The summed E-state index contributed by atoms with van der Waals surface area (Å²) in [4.78, 5) is 22.6. The van der Waals surface area contributed by atoms with Crippen LogP contribution < -0.4 is 10.7 Å². The van der Waals surface area contributed by atoms with E-state index in [1.165, 1.54) is 0 Å². The molecule has 0 aliphatic carbocycles. The summed E-state index contributed by atoms with van der Waals surface area (Å²) in [5.41, 5.74) is 2.41. The van der Waals surface area contributed by atoms with E-state index >= 15 is 0 Å². The lowest BCUT2D eigenvalue weighted by atomic mass is 10.2. The molecule has 8 heteroatoms. The van der Waals surface area contributed by atoms with Crippen LogP contribution in [0.15, 0.2) is 0 Å². The van der Waals surface area contributed by atoms with Gasteiger partial charge in [-0.1, -0.05) is 6.92 Å². The van der Waals surface area contributed by atoms with E-state index in [1.807, 2.05) is 0 Å². The number of carbonyl (C=O) groups is 2. The van der Waals surface area contributed by atoms with Gasteiger partial charge in [0.1, 0.15) is 0 Å². The number of nitrogens with zero attached hydrogens (tertiary/aromatic N) is 1. The third-order valence-corrected chi connectivity index (χ3v) is 4.46. The van der Waals surface area contributed by atoms with Crippen molar-refractivity contribution in [2.75, 3.05) is 11.5 Å². The van der Waals surface area contributed by atoms with Crippen LogP contribution >= 0.6 is 0 Å². The fourth-order valence-electron chi connectivity index (χ4n) is 1.95. The molecular formula is C8H13N3O4S. The topological polar surface area (TPSA) is 95.6 Å². The minimum atomic E-state index is -3.11. The third-order valence-electron chi connectivity index (χ3n) is 2.75. The van der Waals surface area contributed by atoms with Gasteiger partial charge in [0.05, 0.1) is 23.6 Å². The molecule has 2 aliphatic heterocycles. The molecule has 0 spiro atoms. The lowest BCUT2D eigenvalue weighted by Gasteiger charge is -2.21. The molecule has 16 heavy (non-hydrogen) atoms. The summed E-state index contributed by atoms with van der Waals surface area (Å²) in [5.74, 6) is -0.456. The number of amides is 3. The lowest BCUT2D eigenvalue weighted by Crippen LogP contribution is -2.49. The molecule has 2 aliphatic rings. The van der Waals surface area contributed by atoms with Gasteiger partial charge in [-0.05, 0) is 0 Å². The zero-order chi connectivity index (χ0) is 11.9. The number of hydrogen-bond donors (Lipinski definition) is 2. The summed E-state index contributed by atoms with van der Waals surface area (Å²) < 4.78 is 22.7. The summed E-state index contributed by atoms with van der Waals surface area (Å²) >= 11 is 0. The number of urea groups is 1. The Hall–Kier alpha value is -1.31. The van der Waals surface area contributed by atoms with Gasteiger partial charge < -0.3 is 5.32 Å². The number of sulfone groups is 1. The van der Waals surface area contributed by atoms with Gasteiger partial charge in [0.15, 0.2) is 9.84 Å². The van der Waals surface area contributed by atoms with Crippen molar-refractivity contribution in [3.8, 4) is 0 Å². The first-order valence-electron chi connectivity index (χ1n) is 5.02. The predicted octanol–water partition coefficient (Wildman–Crippen LogP) is -1.38. The second-order valence-corrected chi connectivity index (χ2v) is 6.11. The molecule has 2 saturated heterocycles. The summed E-state index contributed by atoms with van der Waals surface area (Å²) in [6, 6.07) is -1.32. The molecule has 0 radical (unpaired) electrons. The first-order chi connectivity index (χ1) is 7.43. The van der Waals surface area contributed by atoms with E-state index < -0.39 is 28.0 Å². The van der Waals surface area contributed by atoms with Crippen LogP contribution in [0.1, 0.15) is 13.3 Å². The second-order valence-electron chi connectivity index (χ2n) is 3.96. The van der Waals surface area contributed by atoms with Gasteiger partial charge in [-0.2, -0.15) is 0 Å². The van der Waals surface area contributed by atoms with Crippen molar-refractivity contribution >= 4 is 21.8 Å². The highest BCUT2D eigenvalue weighted by molar-refractivity contribution is 7.91. The summed E-state index contributed by atoms with van der Waals surface area (Å²) in [6.07, 6.45) is 0.244. The minimum absolute atomic E-state index is 0.0537. The maximum Gasteiger partial charge on any atom is 0.336 e. The first kappa shape index (κ1) is 11.2. The van der Waals surface area contributed by atoms with Gasteiger partial charge >= 0.3 is 6.03 Å².